The fourth-order valence-electron chi connectivity index (χ4n) is 4.59. The van der Waals surface area contributed by atoms with Crippen molar-refractivity contribution in [2.24, 2.45) is 5.92 Å². The first-order chi connectivity index (χ1) is 17.4. The molecule has 0 aliphatic carbocycles. The van der Waals surface area contributed by atoms with E-state index in [2.05, 4.69) is 10.2 Å². The van der Waals surface area contributed by atoms with Crippen LogP contribution in [0.3, 0.4) is 0 Å². The molecule has 0 bridgehead atoms. The summed E-state index contributed by atoms with van der Waals surface area (Å²) in [6.07, 6.45) is 2.63. The number of likely N-dealkylation sites (tertiary alicyclic amines) is 1. The average molecular weight is 499 g/mol. The van der Waals surface area contributed by atoms with E-state index in [1.54, 1.807) is 24.3 Å². The minimum Gasteiger partial charge on any atom is -0.494 e. The molecule has 0 saturated carbocycles. The van der Waals surface area contributed by atoms with Crippen LogP contribution >= 0.6 is 0 Å². The molecule has 2 N–H and O–H groups in total. The lowest BCUT2D eigenvalue weighted by Gasteiger charge is -2.37. The Morgan fingerprint density at radius 1 is 0.972 bits per heavy atom. The molecule has 1 aliphatic rings. The predicted molar refractivity (Wildman–Crippen MR) is 132 cm³/mol. The van der Waals surface area contributed by atoms with Crippen LogP contribution in [0.5, 0.6) is 5.75 Å². The minimum atomic E-state index is -0.966. The summed E-state index contributed by atoms with van der Waals surface area (Å²) in [5, 5.41) is 12.3. The number of nitrogens with one attached hydrogen (secondary N) is 1. The van der Waals surface area contributed by atoms with Gasteiger partial charge in [0, 0.05) is 18.3 Å². The molecule has 0 aromatic heterocycles. The molecule has 0 amide bonds. The smallest absolute Gasteiger partial charge is 0.335 e. The largest absolute Gasteiger partial charge is 0.494 e. The average Bonchev–Trinajstić information content (AvgIpc) is 2.88. The number of rotatable bonds is 10. The van der Waals surface area contributed by atoms with Gasteiger partial charge >= 0.3 is 5.97 Å². The third-order valence-corrected chi connectivity index (χ3v) is 6.56. The lowest BCUT2D eigenvalue weighted by atomic mass is 9.85. The van der Waals surface area contributed by atoms with Crippen molar-refractivity contribution >= 4 is 11.7 Å². The molecule has 3 aromatic carbocycles. The van der Waals surface area contributed by atoms with Gasteiger partial charge in [0.05, 0.1) is 18.2 Å². The molecule has 1 heterocycles. The highest BCUT2D eigenvalue weighted by Crippen LogP contribution is 2.34. The fraction of sp³-hybridized carbons (Fsp3) is 0.321. The second-order valence-electron chi connectivity index (χ2n) is 9.01. The van der Waals surface area contributed by atoms with Crippen molar-refractivity contribution in [2.45, 2.75) is 25.3 Å². The second-order valence-corrected chi connectivity index (χ2v) is 9.01. The van der Waals surface area contributed by atoms with Crippen LogP contribution in [0.25, 0.3) is 0 Å². The Hall–Kier alpha value is -3.52. The zero-order valence-electron chi connectivity index (χ0n) is 19.8. The number of halogens is 3. The first kappa shape index (κ1) is 25.6. The number of ether oxygens (including phenoxy) is 1. The lowest BCUT2D eigenvalue weighted by molar-refractivity contribution is 0.0697. The van der Waals surface area contributed by atoms with E-state index in [4.69, 9.17) is 9.84 Å². The van der Waals surface area contributed by atoms with E-state index in [0.29, 0.717) is 18.0 Å². The summed E-state index contributed by atoms with van der Waals surface area (Å²) in [6.45, 7) is 3.17. The van der Waals surface area contributed by atoms with Crippen LogP contribution in [0.1, 0.15) is 41.2 Å². The number of hydrogen-bond donors (Lipinski definition) is 2. The van der Waals surface area contributed by atoms with Crippen molar-refractivity contribution in [2.75, 3.05) is 31.6 Å². The fourth-order valence-corrected chi connectivity index (χ4v) is 4.59. The highest BCUT2D eigenvalue weighted by atomic mass is 19.2. The van der Waals surface area contributed by atoms with E-state index in [0.717, 1.165) is 56.6 Å². The minimum absolute atomic E-state index is 0.158. The Morgan fingerprint density at radius 3 is 2.31 bits per heavy atom. The Kier molecular flexibility index (Phi) is 8.48. The van der Waals surface area contributed by atoms with Crippen molar-refractivity contribution in [1.29, 1.82) is 0 Å². The number of anilines is 1. The van der Waals surface area contributed by atoms with E-state index >= 15 is 0 Å². The maximum Gasteiger partial charge on any atom is 0.335 e. The summed E-state index contributed by atoms with van der Waals surface area (Å²) in [7, 11) is 0. The van der Waals surface area contributed by atoms with E-state index in [9.17, 15) is 18.0 Å². The monoisotopic (exact) mass is 498 g/mol. The highest BCUT2D eigenvalue weighted by Gasteiger charge is 2.28. The van der Waals surface area contributed by atoms with Crippen LogP contribution in [0, 0.1) is 23.4 Å². The van der Waals surface area contributed by atoms with Gasteiger partial charge in [-0.2, -0.15) is 0 Å². The van der Waals surface area contributed by atoms with E-state index in [1.165, 1.54) is 30.3 Å². The Labute approximate surface area is 208 Å². The van der Waals surface area contributed by atoms with E-state index < -0.39 is 17.6 Å². The van der Waals surface area contributed by atoms with Crippen LogP contribution in [-0.4, -0.2) is 42.2 Å². The molecular formula is C28H29F3N2O3. The number of carboxylic acids is 1. The number of hydrogen-bond acceptors (Lipinski definition) is 4. The van der Waals surface area contributed by atoms with Gasteiger partial charge in [-0.1, -0.05) is 12.1 Å². The SMILES string of the molecule is O=C(O)c1ccc(OCCCN2CCC(C(Nc3ccc(F)c(F)c3)c3ccc(F)cc3)CC2)cc1. The van der Waals surface area contributed by atoms with Crippen LogP contribution in [0.2, 0.25) is 0 Å². The molecule has 3 aromatic rings. The molecule has 0 radical (unpaired) electrons. The summed E-state index contributed by atoms with van der Waals surface area (Å²) in [4.78, 5) is 13.3. The molecule has 4 rings (SSSR count). The van der Waals surface area contributed by atoms with Gasteiger partial charge in [-0.15, -0.1) is 0 Å². The molecule has 1 unspecified atom stereocenters. The lowest BCUT2D eigenvalue weighted by Crippen LogP contribution is -2.38. The predicted octanol–water partition coefficient (Wildman–Crippen LogP) is 6.14. The van der Waals surface area contributed by atoms with Gasteiger partial charge in [0.15, 0.2) is 11.6 Å². The Bertz CT molecular complexity index is 1150. The second kappa shape index (κ2) is 11.9. The van der Waals surface area contributed by atoms with Gasteiger partial charge in [0.2, 0.25) is 0 Å². The third-order valence-electron chi connectivity index (χ3n) is 6.56. The van der Waals surface area contributed by atoms with E-state index in [-0.39, 0.29) is 23.3 Å². The van der Waals surface area contributed by atoms with Crippen LogP contribution in [-0.2, 0) is 0 Å². The summed E-state index contributed by atoms with van der Waals surface area (Å²) in [5.74, 6) is -2.21. The number of nitrogens with zero attached hydrogens (tertiary/aromatic N) is 1. The molecule has 1 aliphatic heterocycles. The number of aromatic carboxylic acids is 1. The van der Waals surface area contributed by atoms with Gasteiger partial charge in [0.25, 0.3) is 0 Å². The van der Waals surface area contributed by atoms with Crippen molar-refractivity contribution in [3.63, 3.8) is 0 Å². The standard InChI is InChI=1S/C28H29F3N2O3/c29-22-6-2-19(3-7-22)27(32-23-8-11-25(30)26(31)18-23)20-12-15-33(16-13-20)14-1-17-36-24-9-4-21(5-10-24)28(34)35/h2-11,18,20,27,32H,1,12-17H2,(H,34,35). The van der Waals surface area contributed by atoms with Gasteiger partial charge < -0.3 is 20.1 Å². The number of carbonyl (C=O) groups is 1. The molecule has 1 fully saturated rings. The van der Waals surface area contributed by atoms with Gasteiger partial charge in [-0.3, -0.25) is 0 Å². The summed E-state index contributed by atoms with van der Waals surface area (Å²) in [6, 6.07) is 16.3. The van der Waals surface area contributed by atoms with Gasteiger partial charge in [0.1, 0.15) is 11.6 Å². The third kappa shape index (κ3) is 6.79. The van der Waals surface area contributed by atoms with Crippen LogP contribution in [0.15, 0.2) is 66.7 Å². The normalized spacial score (nSPS) is 15.4. The quantitative estimate of drug-likeness (QED) is 0.329. The zero-order chi connectivity index (χ0) is 25.5. The molecule has 1 saturated heterocycles. The van der Waals surface area contributed by atoms with Crippen molar-refractivity contribution in [1.82, 2.24) is 4.90 Å². The van der Waals surface area contributed by atoms with Crippen LogP contribution in [0.4, 0.5) is 18.9 Å². The van der Waals surface area contributed by atoms with Gasteiger partial charge in [-0.05, 0) is 92.4 Å². The molecule has 8 heteroatoms. The highest BCUT2D eigenvalue weighted by molar-refractivity contribution is 5.87. The maximum atomic E-state index is 13.8. The first-order valence-electron chi connectivity index (χ1n) is 12.0. The Morgan fingerprint density at radius 2 is 1.67 bits per heavy atom. The first-order valence-corrected chi connectivity index (χ1v) is 12.0. The van der Waals surface area contributed by atoms with Crippen molar-refractivity contribution in [3.05, 3.63) is 95.3 Å². The van der Waals surface area contributed by atoms with Crippen LogP contribution < -0.4 is 10.1 Å². The number of benzene rings is 3. The van der Waals surface area contributed by atoms with Crippen molar-refractivity contribution < 1.29 is 27.8 Å². The summed E-state index contributed by atoms with van der Waals surface area (Å²) >= 11 is 0. The molecule has 36 heavy (non-hydrogen) atoms. The molecule has 0 spiro atoms. The summed E-state index contributed by atoms with van der Waals surface area (Å²) in [5.41, 5.74) is 1.62. The number of piperidine rings is 1. The summed E-state index contributed by atoms with van der Waals surface area (Å²) < 4.78 is 46.4. The topological polar surface area (TPSA) is 61.8 Å². The molecular weight excluding hydrogens is 469 g/mol. The molecule has 190 valence electrons. The molecule has 1 atom stereocenters. The Balaban J connectivity index is 1.29. The maximum absolute atomic E-state index is 13.8. The zero-order valence-corrected chi connectivity index (χ0v) is 19.8. The van der Waals surface area contributed by atoms with Crippen molar-refractivity contribution in [3.8, 4) is 5.75 Å². The van der Waals surface area contributed by atoms with Gasteiger partial charge in [-0.25, -0.2) is 18.0 Å². The number of carboxylic acid groups (broad SMARTS) is 1. The molecule has 5 nitrogen and oxygen atoms in total. The van der Waals surface area contributed by atoms with E-state index in [1.807, 2.05) is 0 Å².